The maximum absolute atomic E-state index is 4.45. The summed E-state index contributed by atoms with van der Waals surface area (Å²) in [5.74, 6) is 0.815. The van der Waals surface area contributed by atoms with Gasteiger partial charge in [-0.15, -0.1) is 11.3 Å². The Bertz CT molecular complexity index is 331. The van der Waals surface area contributed by atoms with Crippen molar-refractivity contribution in [3.05, 3.63) is 16.6 Å². The fourth-order valence-electron chi connectivity index (χ4n) is 2.75. The molecule has 0 saturated carbocycles. The Labute approximate surface area is 115 Å². The summed E-state index contributed by atoms with van der Waals surface area (Å²) in [6.07, 6.45) is 5.66. The summed E-state index contributed by atoms with van der Waals surface area (Å²) in [5, 5.41) is 7.09. The fraction of sp³-hybridized carbons (Fsp3) is 0.786. The Kier molecular flexibility index (Phi) is 5.15. The minimum Gasteiger partial charge on any atom is -0.306 e. The maximum atomic E-state index is 4.45. The Balaban J connectivity index is 1.87. The van der Waals surface area contributed by atoms with Crippen molar-refractivity contribution in [2.75, 3.05) is 20.1 Å². The average Bonchev–Trinajstić information content (AvgIpc) is 2.90. The quantitative estimate of drug-likeness (QED) is 0.889. The fourth-order valence-corrected chi connectivity index (χ4v) is 3.53. The van der Waals surface area contributed by atoms with E-state index in [2.05, 4.69) is 41.5 Å². The predicted octanol–water partition coefficient (Wildman–Crippen LogP) is 2.91. The second-order valence-corrected chi connectivity index (χ2v) is 6.35. The van der Waals surface area contributed by atoms with Gasteiger partial charge in [0.1, 0.15) is 5.01 Å². The molecule has 2 unspecified atom stereocenters. The molecule has 1 aliphatic rings. The van der Waals surface area contributed by atoms with Gasteiger partial charge in [0.2, 0.25) is 0 Å². The highest BCUT2D eigenvalue weighted by Gasteiger charge is 2.24. The van der Waals surface area contributed by atoms with E-state index in [1.165, 1.54) is 30.9 Å². The summed E-state index contributed by atoms with van der Waals surface area (Å²) >= 11 is 1.76. The molecule has 1 fully saturated rings. The van der Waals surface area contributed by atoms with Crippen molar-refractivity contribution in [1.29, 1.82) is 0 Å². The summed E-state index contributed by atoms with van der Waals surface area (Å²) in [7, 11) is 2.22. The molecule has 0 spiro atoms. The minimum absolute atomic E-state index is 0.430. The zero-order valence-corrected chi connectivity index (χ0v) is 12.5. The van der Waals surface area contributed by atoms with Crippen LogP contribution < -0.4 is 5.32 Å². The van der Waals surface area contributed by atoms with Crippen molar-refractivity contribution >= 4 is 11.3 Å². The van der Waals surface area contributed by atoms with Gasteiger partial charge in [0.05, 0.1) is 6.04 Å². The third-order valence-corrected chi connectivity index (χ3v) is 4.98. The van der Waals surface area contributed by atoms with Crippen LogP contribution >= 0.6 is 11.3 Å². The predicted molar refractivity (Wildman–Crippen MR) is 78.0 cm³/mol. The second-order valence-electron chi connectivity index (χ2n) is 5.43. The van der Waals surface area contributed by atoms with Gasteiger partial charge in [-0.05, 0) is 52.2 Å². The highest BCUT2D eigenvalue weighted by atomic mass is 32.1. The number of piperidine rings is 1. The van der Waals surface area contributed by atoms with E-state index in [-0.39, 0.29) is 0 Å². The molecular formula is C14H25N3S. The van der Waals surface area contributed by atoms with Gasteiger partial charge >= 0.3 is 0 Å². The van der Waals surface area contributed by atoms with E-state index in [4.69, 9.17) is 0 Å². The van der Waals surface area contributed by atoms with E-state index < -0.39 is 0 Å². The van der Waals surface area contributed by atoms with Crippen LogP contribution in [-0.4, -0.2) is 36.1 Å². The lowest BCUT2D eigenvalue weighted by atomic mass is 9.90. The zero-order chi connectivity index (χ0) is 13.0. The largest absolute Gasteiger partial charge is 0.306 e. The SMILES string of the molecule is CCC(NC(C)C1CCN(C)CC1)c1nccs1. The van der Waals surface area contributed by atoms with Gasteiger partial charge in [-0.2, -0.15) is 0 Å². The van der Waals surface area contributed by atoms with E-state index in [9.17, 15) is 0 Å². The molecule has 2 rings (SSSR count). The molecule has 0 radical (unpaired) electrons. The third kappa shape index (κ3) is 3.53. The van der Waals surface area contributed by atoms with Crippen molar-refractivity contribution in [2.45, 2.75) is 45.2 Å². The summed E-state index contributed by atoms with van der Waals surface area (Å²) in [6.45, 7) is 7.06. The third-order valence-electron chi connectivity index (χ3n) is 4.09. The molecule has 0 aromatic carbocycles. The molecule has 2 heterocycles. The summed E-state index contributed by atoms with van der Waals surface area (Å²) < 4.78 is 0. The summed E-state index contributed by atoms with van der Waals surface area (Å²) in [4.78, 5) is 6.88. The number of hydrogen-bond donors (Lipinski definition) is 1. The lowest BCUT2D eigenvalue weighted by molar-refractivity contribution is 0.183. The first-order chi connectivity index (χ1) is 8.70. The highest BCUT2D eigenvalue weighted by Crippen LogP contribution is 2.24. The molecule has 0 amide bonds. The first kappa shape index (κ1) is 14.0. The van der Waals surface area contributed by atoms with Gasteiger partial charge in [-0.3, -0.25) is 0 Å². The van der Waals surface area contributed by atoms with Gasteiger partial charge < -0.3 is 10.2 Å². The van der Waals surface area contributed by atoms with E-state index in [1.54, 1.807) is 11.3 Å². The molecule has 3 nitrogen and oxygen atoms in total. The number of hydrogen-bond acceptors (Lipinski definition) is 4. The van der Waals surface area contributed by atoms with Crippen LogP contribution in [0.25, 0.3) is 0 Å². The Morgan fingerprint density at radius 3 is 2.78 bits per heavy atom. The number of nitrogens with zero attached hydrogens (tertiary/aromatic N) is 2. The van der Waals surface area contributed by atoms with Crippen LogP contribution in [0.4, 0.5) is 0 Å². The van der Waals surface area contributed by atoms with Crippen LogP contribution in [0.2, 0.25) is 0 Å². The molecule has 0 bridgehead atoms. The van der Waals surface area contributed by atoms with Crippen LogP contribution in [0.15, 0.2) is 11.6 Å². The normalized spacial score (nSPS) is 21.9. The summed E-state index contributed by atoms with van der Waals surface area (Å²) in [6, 6.07) is 1.02. The first-order valence-corrected chi connectivity index (χ1v) is 7.92. The van der Waals surface area contributed by atoms with Crippen molar-refractivity contribution in [1.82, 2.24) is 15.2 Å². The summed E-state index contributed by atoms with van der Waals surface area (Å²) in [5.41, 5.74) is 0. The maximum Gasteiger partial charge on any atom is 0.109 e. The minimum atomic E-state index is 0.430. The van der Waals surface area contributed by atoms with Crippen molar-refractivity contribution in [3.63, 3.8) is 0 Å². The lowest BCUT2D eigenvalue weighted by Gasteiger charge is -2.34. The van der Waals surface area contributed by atoms with Gasteiger partial charge in [0.25, 0.3) is 0 Å². The Morgan fingerprint density at radius 2 is 2.22 bits per heavy atom. The molecule has 1 aliphatic heterocycles. The molecule has 1 N–H and O–H groups in total. The zero-order valence-electron chi connectivity index (χ0n) is 11.7. The van der Waals surface area contributed by atoms with Gasteiger partial charge in [0.15, 0.2) is 0 Å². The number of rotatable bonds is 5. The monoisotopic (exact) mass is 267 g/mol. The first-order valence-electron chi connectivity index (χ1n) is 7.04. The molecular weight excluding hydrogens is 242 g/mol. The van der Waals surface area contributed by atoms with Crippen LogP contribution in [-0.2, 0) is 0 Å². The Morgan fingerprint density at radius 1 is 1.50 bits per heavy atom. The smallest absolute Gasteiger partial charge is 0.109 e. The molecule has 1 aromatic heterocycles. The average molecular weight is 267 g/mol. The number of nitrogens with one attached hydrogen (secondary N) is 1. The van der Waals surface area contributed by atoms with Crippen molar-refractivity contribution < 1.29 is 0 Å². The molecule has 1 aromatic rings. The molecule has 2 atom stereocenters. The van der Waals surface area contributed by atoms with Crippen molar-refractivity contribution in [3.8, 4) is 0 Å². The van der Waals surface area contributed by atoms with E-state index in [1.807, 2.05) is 6.20 Å². The van der Waals surface area contributed by atoms with Gasteiger partial charge in [-0.1, -0.05) is 6.92 Å². The second kappa shape index (κ2) is 6.64. The van der Waals surface area contributed by atoms with Crippen LogP contribution in [0.3, 0.4) is 0 Å². The van der Waals surface area contributed by atoms with Gasteiger partial charge in [0, 0.05) is 17.6 Å². The van der Waals surface area contributed by atoms with Crippen molar-refractivity contribution in [2.24, 2.45) is 5.92 Å². The Hall–Kier alpha value is -0.450. The van der Waals surface area contributed by atoms with Crippen LogP contribution in [0.5, 0.6) is 0 Å². The number of aromatic nitrogens is 1. The topological polar surface area (TPSA) is 28.2 Å². The van der Waals surface area contributed by atoms with Crippen LogP contribution in [0, 0.1) is 5.92 Å². The molecule has 102 valence electrons. The molecule has 1 saturated heterocycles. The highest BCUT2D eigenvalue weighted by molar-refractivity contribution is 7.09. The van der Waals surface area contributed by atoms with E-state index >= 15 is 0 Å². The van der Waals surface area contributed by atoms with E-state index in [0.717, 1.165) is 12.3 Å². The van der Waals surface area contributed by atoms with Crippen LogP contribution in [0.1, 0.15) is 44.2 Å². The van der Waals surface area contributed by atoms with E-state index in [0.29, 0.717) is 12.1 Å². The number of thiazole rings is 1. The lowest BCUT2D eigenvalue weighted by Crippen LogP contribution is -2.41. The standard InChI is InChI=1S/C14H25N3S/c1-4-13(14-15-7-10-18-14)16-11(2)12-5-8-17(3)9-6-12/h7,10-13,16H,4-6,8-9H2,1-3H3. The van der Waals surface area contributed by atoms with Gasteiger partial charge in [-0.25, -0.2) is 4.98 Å². The molecule has 4 heteroatoms. The number of likely N-dealkylation sites (tertiary alicyclic amines) is 1. The molecule has 18 heavy (non-hydrogen) atoms. The molecule has 0 aliphatic carbocycles.